The van der Waals surface area contributed by atoms with Gasteiger partial charge in [-0.05, 0) is 6.42 Å². The van der Waals surface area contributed by atoms with Crippen LogP contribution < -0.4 is 5.32 Å². The summed E-state index contributed by atoms with van der Waals surface area (Å²) in [5.41, 5.74) is 0. The summed E-state index contributed by atoms with van der Waals surface area (Å²) >= 11 is 0. The van der Waals surface area contributed by atoms with Gasteiger partial charge in [0.15, 0.2) is 0 Å². The van der Waals surface area contributed by atoms with Crippen molar-refractivity contribution in [2.45, 2.75) is 31.9 Å². The summed E-state index contributed by atoms with van der Waals surface area (Å²) in [6.07, 6.45) is 0.980. The van der Waals surface area contributed by atoms with Gasteiger partial charge in [-0.25, -0.2) is 0 Å². The van der Waals surface area contributed by atoms with E-state index in [9.17, 15) is 4.79 Å². The van der Waals surface area contributed by atoms with Crippen LogP contribution in [-0.2, 0) is 9.53 Å². The maximum Gasteiger partial charge on any atom is 0.306 e. The monoisotopic (exact) mass is 173 g/mol. The van der Waals surface area contributed by atoms with Gasteiger partial charge in [-0.2, -0.15) is 0 Å². The first-order valence-electron chi connectivity index (χ1n) is 4.29. The summed E-state index contributed by atoms with van der Waals surface area (Å²) in [6.45, 7) is 3.37. The lowest BCUT2D eigenvalue weighted by atomic mass is 10.1. The Morgan fingerprint density at radius 2 is 2.50 bits per heavy atom. The Morgan fingerprint density at radius 1 is 1.75 bits per heavy atom. The van der Waals surface area contributed by atoms with Gasteiger partial charge >= 0.3 is 5.97 Å². The number of morpholine rings is 1. The predicted octanol–water partition coefficient (Wildman–Crippen LogP) is 0.228. The van der Waals surface area contributed by atoms with Crippen LogP contribution in [0, 0.1) is 0 Å². The maximum absolute atomic E-state index is 10.3. The second-order valence-corrected chi connectivity index (χ2v) is 3.07. The van der Waals surface area contributed by atoms with Crippen LogP contribution in [0.5, 0.6) is 0 Å². The fraction of sp³-hybridized carbons (Fsp3) is 0.875. The van der Waals surface area contributed by atoms with Crippen molar-refractivity contribution in [3.8, 4) is 0 Å². The number of carboxylic acids is 1. The highest BCUT2D eigenvalue weighted by atomic mass is 16.5. The van der Waals surface area contributed by atoms with Gasteiger partial charge < -0.3 is 15.2 Å². The third kappa shape index (κ3) is 2.79. The molecule has 0 aliphatic carbocycles. The average molecular weight is 173 g/mol. The van der Waals surface area contributed by atoms with Crippen LogP contribution in [0.4, 0.5) is 0 Å². The molecule has 1 aliphatic heterocycles. The molecule has 1 aliphatic rings. The van der Waals surface area contributed by atoms with E-state index in [2.05, 4.69) is 12.2 Å². The molecular weight excluding hydrogens is 158 g/mol. The zero-order chi connectivity index (χ0) is 8.97. The molecule has 0 aromatic rings. The van der Waals surface area contributed by atoms with Crippen LogP contribution in [0.15, 0.2) is 0 Å². The minimum Gasteiger partial charge on any atom is -0.481 e. The summed E-state index contributed by atoms with van der Waals surface area (Å²) in [5, 5.41) is 11.7. The zero-order valence-electron chi connectivity index (χ0n) is 7.25. The summed E-state index contributed by atoms with van der Waals surface area (Å²) in [6, 6.07) is 0.398. The van der Waals surface area contributed by atoms with Gasteiger partial charge in [0.05, 0.1) is 19.1 Å². The third-order valence-electron chi connectivity index (χ3n) is 2.06. The molecule has 0 aromatic carbocycles. The van der Waals surface area contributed by atoms with Crippen molar-refractivity contribution in [1.29, 1.82) is 0 Å². The van der Waals surface area contributed by atoms with Crippen LogP contribution in [0.3, 0.4) is 0 Å². The Kier molecular flexibility index (Phi) is 3.49. The molecule has 0 saturated carbocycles. The average Bonchev–Trinajstić information content (AvgIpc) is 2.05. The minimum absolute atomic E-state index is 0.101. The van der Waals surface area contributed by atoms with Crippen molar-refractivity contribution in [2.75, 3.05) is 13.2 Å². The number of carboxylic acid groups (broad SMARTS) is 1. The summed E-state index contributed by atoms with van der Waals surface area (Å²) in [5.74, 6) is -0.795. The molecule has 0 spiro atoms. The third-order valence-corrected chi connectivity index (χ3v) is 2.06. The first-order chi connectivity index (χ1) is 5.72. The smallest absolute Gasteiger partial charge is 0.306 e. The molecule has 0 amide bonds. The van der Waals surface area contributed by atoms with Gasteiger partial charge in [-0.3, -0.25) is 4.79 Å². The molecule has 4 heteroatoms. The number of hydrogen-bond acceptors (Lipinski definition) is 3. The highest BCUT2D eigenvalue weighted by Gasteiger charge is 2.21. The largest absolute Gasteiger partial charge is 0.481 e. The number of nitrogens with one attached hydrogen (secondary N) is 1. The minimum atomic E-state index is -0.795. The number of ether oxygens (including phenoxy) is 1. The highest BCUT2D eigenvalue weighted by Crippen LogP contribution is 2.06. The summed E-state index contributed by atoms with van der Waals surface area (Å²) < 4.78 is 5.35. The van der Waals surface area contributed by atoms with E-state index >= 15 is 0 Å². The van der Waals surface area contributed by atoms with Gasteiger partial charge in [0.1, 0.15) is 0 Å². The number of carbonyl (C=O) groups is 1. The molecule has 1 fully saturated rings. The van der Waals surface area contributed by atoms with Crippen LogP contribution in [0.25, 0.3) is 0 Å². The number of rotatable bonds is 3. The molecule has 12 heavy (non-hydrogen) atoms. The molecule has 0 aromatic heterocycles. The van der Waals surface area contributed by atoms with Crippen molar-refractivity contribution < 1.29 is 14.6 Å². The van der Waals surface area contributed by atoms with Crippen molar-refractivity contribution in [3.05, 3.63) is 0 Å². The van der Waals surface area contributed by atoms with Crippen LogP contribution in [0.1, 0.15) is 19.8 Å². The maximum atomic E-state index is 10.3. The summed E-state index contributed by atoms with van der Waals surface area (Å²) in [7, 11) is 0. The first-order valence-corrected chi connectivity index (χ1v) is 4.29. The number of hydrogen-bond donors (Lipinski definition) is 2. The van der Waals surface area contributed by atoms with Crippen LogP contribution in [0.2, 0.25) is 0 Å². The molecule has 0 bridgehead atoms. The molecule has 1 rings (SSSR count). The lowest BCUT2D eigenvalue weighted by molar-refractivity contribution is -0.141. The van der Waals surface area contributed by atoms with Crippen LogP contribution in [-0.4, -0.2) is 36.4 Å². The van der Waals surface area contributed by atoms with E-state index in [1.54, 1.807) is 0 Å². The standard InChI is InChI=1S/C8H15NO3/c1-2-6-5-12-7(4-9-6)3-8(10)11/h6-7,9H,2-5H2,1H3,(H,10,11)/t6-,7+/m1/s1. The molecule has 70 valence electrons. The van der Waals surface area contributed by atoms with E-state index in [1.165, 1.54) is 0 Å². The van der Waals surface area contributed by atoms with Crippen molar-refractivity contribution >= 4 is 5.97 Å². The lowest BCUT2D eigenvalue weighted by Gasteiger charge is -2.28. The fourth-order valence-electron chi connectivity index (χ4n) is 1.26. The van der Waals surface area contributed by atoms with Gasteiger partial charge in [0, 0.05) is 12.6 Å². The Morgan fingerprint density at radius 3 is 2.92 bits per heavy atom. The molecule has 0 unspecified atom stereocenters. The molecular formula is C8H15NO3. The predicted molar refractivity (Wildman–Crippen MR) is 44.1 cm³/mol. The van der Waals surface area contributed by atoms with E-state index in [0.29, 0.717) is 19.2 Å². The Hall–Kier alpha value is -0.610. The van der Waals surface area contributed by atoms with Crippen LogP contribution >= 0.6 is 0 Å². The van der Waals surface area contributed by atoms with Gasteiger partial charge in [0.2, 0.25) is 0 Å². The van der Waals surface area contributed by atoms with Crippen molar-refractivity contribution in [2.24, 2.45) is 0 Å². The van der Waals surface area contributed by atoms with Gasteiger partial charge in [-0.15, -0.1) is 0 Å². The Bertz CT molecular complexity index is 152. The van der Waals surface area contributed by atoms with E-state index < -0.39 is 5.97 Å². The van der Waals surface area contributed by atoms with E-state index in [1.807, 2.05) is 0 Å². The van der Waals surface area contributed by atoms with Crippen molar-refractivity contribution in [3.63, 3.8) is 0 Å². The Balaban J connectivity index is 2.21. The Labute approximate surface area is 71.9 Å². The van der Waals surface area contributed by atoms with Gasteiger partial charge in [0.25, 0.3) is 0 Å². The van der Waals surface area contributed by atoms with E-state index in [0.717, 1.165) is 6.42 Å². The topological polar surface area (TPSA) is 58.6 Å². The zero-order valence-corrected chi connectivity index (χ0v) is 7.25. The molecule has 4 nitrogen and oxygen atoms in total. The second kappa shape index (κ2) is 4.42. The number of aliphatic carboxylic acids is 1. The van der Waals surface area contributed by atoms with E-state index in [-0.39, 0.29) is 12.5 Å². The van der Waals surface area contributed by atoms with E-state index in [4.69, 9.17) is 9.84 Å². The SMILES string of the molecule is CC[C@@H]1CO[C@@H](CC(=O)O)CN1. The quantitative estimate of drug-likeness (QED) is 0.641. The molecule has 2 N–H and O–H groups in total. The molecule has 0 radical (unpaired) electrons. The first kappa shape index (κ1) is 9.48. The normalized spacial score (nSPS) is 30.1. The molecule has 2 atom stereocenters. The fourth-order valence-corrected chi connectivity index (χ4v) is 1.26. The molecule has 1 heterocycles. The highest BCUT2D eigenvalue weighted by molar-refractivity contribution is 5.67. The second-order valence-electron chi connectivity index (χ2n) is 3.07. The summed E-state index contributed by atoms with van der Waals surface area (Å²) in [4.78, 5) is 10.3. The van der Waals surface area contributed by atoms with Gasteiger partial charge in [-0.1, -0.05) is 6.92 Å². The van der Waals surface area contributed by atoms with Crippen molar-refractivity contribution in [1.82, 2.24) is 5.32 Å². The lowest BCUT2D eigenvalue weighted by Crippen LogP contribution is -2.46. The molecule has 1 saturated heterocycles.